The van der Waals surface area contributed by atoms with Crippen LogP contribution >= 0.6 is 22.7 Å². The molecule has 0 bridgehead atoms. The monoisotopic (exact) mass is 1180 g/mol. The third-order valence-electron chi connectivity index (χ3n) is 17.0. The van der Waals surface area contributed by atoms with E-state index in [1.54, 1.807) is 11.3 Å². The van der Waals surface area contributed by atoms with Crippen LogP contribution in [-0.2, 0) is 6.42 Å². The number of aliphatic imine (C=N–C) groups is 1. The van der Waals surface area contributed by atoms with Gasteiger partial charge in [-0.15, -0.1) is 11.3 Å². The van der Waals surface area contributed by atoms with E-state index in [2.05, 4.69) is 154 Å². The van der Waals surface area contributed by atoms with Crippen molar-refractivity contribution in [3.05, 3.63) is 237 Å². The van der Waals surface area contributed by atoms with Gasteiger partial charge in [-0.25, -0.2) is 24.9 Å². The minimum atomic E-state index is -0.0740. The highest BCUT2D eigenvalue weighted by Crippen LogP contribution is 2.49. The average Bonchev–Trinajstić information content (AvgIpc) is 2.25. The number of para-hydroxylation sites is 3. The number of pyridine rings is 6. The third-order valence-corrected chi connectivity index (χ3v) is 19.1. The molecule has 0 amide bonds. The molecule has 0 saturated carbocycles. The van der Waals surface area contributed by atoms with Crippen LogP contribution in [0.1, 0.15) is 24.7 Å². The fourth-order valence-electron chi connectivity index (χ4n) is 12.8. The van der Waals surface area contributed by atoms with Gasteiger partial charge < -0.3 is 14.6 Å². The molecule has 0 aliphatic heterocycles. The van der Waals surface area contributed by atoms with Crippen LogP contribution in [0.4, 0.5) is 10.7 Å². The van der Waals surface area contributed by atoms with Crippen LogP contribution in [0.2, 0.25) is 0 Å². The summed E-state index contributed by atoms with van der Waals surface area (Å²) in [6.45, 7) is 2.17. The van der Waals surface area contributed by atoms with E-state index in [4.69, 9.17) is 39.5 Å². The molecule has 0 spiro atoms. The molecule has 16 aromatic rings. The number of allylic oxidation sites excluding steroid dienone is 2. The Morgan fingerprint density at radius 3 is 1.74 bits per heavy atom. The fourth-order valence-corrected chi connectivity index (χ4v) is 14.6. The van der Waals surface area contributed by atoms with Gasteiger partial charge in [0, 0.05) is 123 Å². The van der Waals surface area contributed by atoms with Crippen molar-refractivity contribution in [1.82, 2.24) is 39.9 Å². The Labute approximate surface area is 517 Å². The molecule has 1 aliphatic carbocycles. The molecule has 0 fully saturated rings. The van der Waals surface area contributed by atoms with E-state index >= 15 is 0 Å². The SMILES string of the molecule is CC(C=Nc1sc2ccc(-c3ccccc3-c3ccncc3)nc2c1N)C1=CCCc2c1oc1c(-c3cccc4c3oc3c(-c5cnc6sc7ncc(-c8c(-c9ccncc9)cc(-c9ccncc9)cc8-c8ccncc8)cc7c6n5)cccc34)cccc21. The lowest BCUT2D eigenvalue weighted by Crippen LogP contribution is -2.05. The summed E-state index contributed by atoms with van der Waals surface area (Å²) in [6.07, 6.45) is 24.5. The minimum absolute atomic E-state index is 0.0740. The van der Waals surface area contributed by atoms with Crippen LogP contribution in [0, 0.1) is 5.92 Å². The second kappa shape index (κ2) is 21.3. The number of aromatic nitrogens is 8. The summed E-state index contributed by atoms with van der Waals surface area (Å²) in [5.74, 6) is 0.815. The predicted molar refractivity (Wildman–Crippen MR) is 362 cm³/mol. The quantitative estimate of drug-likeness (QED) is 0.122. The van der Waals surface area contributed by atoms with Gasteiger partial charge in [0.1, 0.15) is 48.2 Å². The van der Waals surface area contributed by atoms with Crippen LogP contribution in [0.3, 0.4) is 0 Å². The first-order chi connectivity index (χ1) is 44.0. The Hall–Kier alpha value is -11.2. The molecule has 1 unspecified atom stereocenters. The normalized spacial score (nSPS) is 12.9. The van der Waals surface area contributed by atoms with Crippen LogP contribution in [0.25, 0.3) is 159 Å². The maximum Gasteiger partial charge on any atom is 0.144 e. The number of hydrogen-bond acceptors (Lipinski definition) is 14. The van der Waals surface area contributed by atoms with Crippen molar-refractivity contribution >= 4 is 109 Å². The lowest BCUT2D eigenvalue weighted by atomic mass is 9.85. The fraction of sp³-hybridized carbons (Fsp3) is 0.0533. The molecule has 17 rings (SSSR count). The van der Waals surface area contributed by atoms with Crippen LogP contribution < -0.4 is 5.73 Å². The number of nitrogens with two attached hydrogens (primary N) is 1. The van der Waals surface area contributed by atoms with Gasteiger partial charge in [-0.05, 0) is 153 Å². The first-order valence-corrected chi connectivity index (χ1v) is 31.0. The van der Waals surface area contributed by atoms with Crippen molar-refractivity contribution in [2.24, 2.45) is 10.9 Å². The Balaban J connectivity index is 0.717. The van der Waals surface area contributed by atoms with Crippen molar-refractivity contribution in [3.63, 3.8) is 0 Å². The summed E-state index contributed by atoms with van der Waals surface area (Å²) in [5, 5.41) is 4.71. The van der Waals surface area contributed by atoms with E-state index in [1.807, 2.05) is 105 Å². The second-order valence-electron chi connectivity index (χ2n) is 22.2. The molecule has 2 N–H and O–H groups in total. The number of anilines is 1. The van der Waals surface area contributed by atoms with Gasteiger partial charge in [0.15, 0.2) is 0 Å². The van der Waals surface area contributed by atoms with Gasteiger partial charge in [-0.3, -0.25) is 19.9 Å². The predicted octanol–water partition coefficient (Wildman–Crippen LogP) is 19.4. The van der Waals surface area contributed by atoms with Crippen LogP contribution in [-0.4, -0.2) is 46.1 Å². The molecule has 14 heteroatoms. The number of hydrogen-bond donors (Lipinski definition) is 1. The van der Waals surface area contributed by atoms with Gasteiger partial charge in [0.05, 0.1) is 28.0 Å². The van der Waals surface area contributed by atoms with Crippen molar-refractivity contribution in [2.75, 3.05) is 5.73 Å². The molecule has 89 heavy (non-hydrogen) atoms. The molecule has 1 atom stereocenters. The van der Waals surface area contributed by atoms with Crippen molar-refractivity contribution in [3.8, 4) is 89.3 Å². The van der Waals surface area contributed by atoms with E-state index in [1.165, 1.54) is 16.9 Å². The zero-order chi connectivity index (χ0) is 59.1. The highest BCUT2D eigenvalue weighted by molar-refractivity contribution is 7.25. The number of thiophene rings is 2. The largest absolute Gasteiger partial charge is 0.455 e. The molecular formula is C75H48N10O2S2. The van der Waals surface area contributed by atoms with Gasteiger partial charge in [0.2, 0.25) is 0 Å². The van der Waals surface area contributed by atoms with Crippen LogP contribution in [0.15, 0.2) is 240 Å². The number of aryl methyl sites for hydroxylation is 1. The molecule has 0 radical (unpaired) electrons. The maximum absolute atomic E-state index is 7.13. The molecule has 11 heterocycles. The molecular weight excluding hydrogens is 1140 g/mol. The van der Waals surface area contributed by atoms with E-state index < -0.39 is 0 Å². The molecule has 11 aromatic heterocycles. The van der Waals surface area contributed by atoms with E-state index in [-0.39, 0.29) is 5.92 Å². The second-order valence-corrected chi connectivity index (χ2v) is 24.2. The van der Waals surface area contributed by atoms with Gasteiger partial charge in [0.25, 0.3) is 0 Å². The number of nitrogen functional groups attached to an aromatic ring is 1. The Morgan fingerprint density at radius 2 is 1.06 bits per heavy atom. The summed E-state index contributed by atoms with van der Waals surface area (Å²) < 4.78 is 15.2. The number of furan rings is 2. The number of benzene rings is 5. The zero-order valence-electron chi connectivity index (χ0n) is 47.7. The molecule has 5 aromatic carbocycles. The van der Waals surface area contributed by atoms with E-state index in [0.29, 0.717) is 11.4 Å². The third kappa shape index (κ3) is 8.90. The van der Waals surface area contributed by atoms with Crippen molar-refractivity contribution in [2.45, 2.75) is 19.8 Å². The van der Waals surface area contributed by atoms with Crippen molar-refractivity contribution in [1.29, 1.82) is 0 Å². The summed E-state index contributed by atoms with van der Waals surface area (Å²) in [4.78, 5) is 44.7. The summed E-state index contributed by atoms with van der Waals surface area (Å²) >= 11 is 3.08. The lowest BCUT2D eigenvalue weighted by molar-refractivity contribution is 0.584. The maximum atomic E-state index is 7.13. The lowest BCUT2D eigenvalue weighted by Gasteiger charge is -2.19. The first-order valence-electron chi connectivity index (χ1n) is 29.3. The Morgan fingerprint density at radius 1 is 0.483 bits per heavy atom. The van der Waals surface area contributed by atoms with Gasteiger partial charge in [-0.2, -0.15) is 0 Å². The molecule has 1 aliphatic rings. The van der Waals surface area contributed by atoms with E-state index in [9.17, 15) is 0 Å². The topological polar surface area (TPSA) is 168 Å². The number of nitrogens with zero attached hydrogens (tertiary/aromatic N) is 9. The standard InChI is InChI=1S/C75H48N10O2S2/c1-42(39-81-74-66(76)68-64(88-74)19-18-62(84-68)51-9-3-2-8-50(51)44-22-30-78-31-23-44)49-10-4-11-52-53-12-5-13-54(70(53)86-69(49)52)55-14-6-15-56-57-16-7-17-58(72(57)87-71(55)56)63-41-83-75-67(85-63)61-38-48(40-82-73(61)89-75)65-59(45-24-32-79-33-25-45)36-47(43-20-28-77-29-21-43)37-60(65)46-26-34-80-35-27-46/h2-3,5-10,12-42H,4,11,76H2,1H3. The zero-order valence-corrected chi connectivity index (χ0v) is 49.3. The Bertz CT molecular complexity index is 5480. The Kier molecular flexibility index (Phi) is 12.5. The van der Waals surface area contributed by atoms with Gasteiger partial charge in [-0.1, -0.05) is 97.1 Å². The molecule has 12 nitrogen and oxygen atoms in total. The van der Waals surface area contributed by atoms with Crippen molar-refractivity contribution < 1.29 is 8.83 Å². The average molecular weight is 1190 g/mol. The number of rotatable bonds is 11. The summed E-state index contributed by atoms with van der Waals surface area (Å²) in [7, 11) is 0. The van der Waals surface area contributed by atoms with Crippen LogP contribution in [0.5, 0.6) is 0 Å². The molecule has 0 saturated heterocycles. The smallest absolute Gasteiger partial charge is 0.144 e. The highest BCUT2D eigenvalue weighted by Gasteiger charge is 2.28. The minimum Gasteiger partial charge on any atom is -0.455 e. The first kappa shape index (κ1) is 52.2. The highest BCUT2D eigenvalue weighted by atomic mass is 32.1. The summed E-state index contributed by atoms with van der Waals surface area (Å²) in [6, 6.07) is 54.5. The number of fused-ring (bicyclic) bond motifs is 10. The molecule has 422 valence electrons. The van der Waals surface area contributed by atoms with E-state index in [0.717, 1.165) is 176 Å². The van der Waals surface area contributed by atoms with Gasteiger partial charge >= 0.3 is 0 Å². The summed E-state index contributed by atoms with van der Waals surface area (Å²) in [5.41, 5.74) is 29.3.